The Hall–Kier alpha value is -1.69. The van der Waals surface area contributed by atoms with E-state index < -0.39 is 0 Å². The van der Waals surface area contributed by atoms with E-state index >= 15 is 0 Å². The smallest absolute Gasteiger partial charge is 0.253 e. The molecule has 0 bridgehead atoms. The second-order valence-corrected chi connectivity index (χ2v) is 5.58. The fourth-order valence-electron chi connectivity index (χ4n) is 2.96. The topological polar surface area (TPSA) is 58.4 Å². The van der Waals surface area contributed by atoms with E-state index in [0.717, 1.165) is 25.3 Å². The van der Waals surface area contributed by atoms with E-state index in [-0.39, 0.29) is 11.5 Å². The van der Waals surface area contributed by atoms with Crippen LogP contribution in [-0.4, -0.2) is 44.9 Å². The highest BCUT2D eigenvalue weighted by atomic mass is 16.2. The molecular weight excluding hydrogens is 256 g/mol. The van der Waals surface area contributed by atoms with E-state index in [1.54, 1.807) is 22.5 Å². The lowest BCUT2D eigenvalue weighted by atomic mass is 10.3. The summed E-state index contributed by atoms with van der Waals surface area (Å²) in [5, 5.41) is 0. The van der Waals surface area contributed by atoms with Crippen LogP contribution in [0.3, 0.4) is 0 Å². The van der Waals surface area contributed by atoms with Crippen molar-refractivity contribution in [1.29, 1.82) is 0 Å². The van der Waals surface area contributed by atoms with Crippen molar-refractivity contribution in [3.8, 4) is 0 Å². The zero-order valence-corrected chi connectivity index (χ0v) is 11.8. The van der Waals surface area contributed by atoms with Gasteiger partial charge in [-0.05, 0) is 25.9 Å². The zero-order chi connectivity index (χ0) is 14.1. The summed E-state index contributed by atoms with van der Waals surface area (Å²) in [6.07, 6.45) is 2.45. The molecule has 0 aliphatic carbocycles. The molecule has 0 N–H and O–H groups in total. The number of rotatable bonds is 2. The maximum absolute atomic E-state index is 12.1. The van der Waals surface area contributed by atoms with Crippen LogP contribution in [0.2, 0.25) is 0 Å². The van der Waals surface area contributed by atoms with E-state index in [2.05, 4.69) is 9.88 Å². The first-order valence-electron chi connectivity index (χ1n) is 7.21. The van der Waals surface area contributed by atoms with E-state index in [1.165, 1.54) is 12.8 Å². The SMILES string of the molecule is CC(=O)N1CCn2c(nc(CN3CCCC3)cc2=O)C1. The van der Waals surface area contributed by atoms with E-state index in [0.29, 0.717) is 25.5 Å². The fraction of sp³-hybridized carbons (Fsp3) is 0.643. The highest BCUT2D eigenvalue weighted by molar-refractivity contribution is 5.73. The van der Waals surface area contributed by atoms with Crippen LogP contribution < -0.4 is 5.56 Å². The van der Waals surface area contributed by atoms with Crippen LogP contribution in [0.5, 0.6) is 0 Å². The molecule has 0 spiro atoms. The number of hydrogen-bond acceptors (Lipinski definition) is 4. The van der Waals surface area contributed by atoms with Gasteiger partial charge in [-0.15, -0.1) is 0 Å². The standard InChI is InChI=1S/C14H20N4O2/c1-11(19)17-6-7-18-13(10-17)15-12(8-14(18)20)9-16-4-2-3-5-16/h8H,2-7,9-10H2,1H3. The molecule has 1 fully saturated rings. The molecule has 6 nitrogen and oxygen atoms in total. The van der Waals surface area contributed by atoms with Crippen molar-refractivity contribution in [2.45, 2.75) is 39.4 Å². The van der Waals surface area contributed by atoms with Gasteiger partial charge in [0.05, 0.1) is 12.2 Å². The van der Waals surface area contributed by atoms with E-state index in [1.807, 2.05) is 0 Å². The summed E-state index contributed by atoms with van der Waals surface area (Å²) in [6.45, 7) is 6.04. The normalized spacial score (nSPS) is 19.1. The minimum atomic E-state index is 0.00685. The Morgan fingerprint density at radius 3 is 2.70 bits per heavy atom. The van der Waals surface area contributed by atoms with Crippen LogP contribution in [-0.2, 0) is 24.4 Å². The van der Waals surface area contributed by atoms with Gasteiger partial charge in [0.1, 0.15) is 5.82 Å². The minimum Gasteiger partial charge on any atom is -0.334 e. The third-order valence-corrected chi connectivity index (χ3v) is 4.10. The molecule has 0 unspecified atom stereocenters. The Morgan fingerprint density at radius 2 is 2.00 bits per heavy atom. The van der Waals surface area contributed by atoms with Gasteiger partial charge in [0.25, 0.3) is 5.56 Å². The second kappa shape index (κ2) is 5.36. The predicted molar refractivity (Wildman–Crippen MR) is 74.1 cm³/mol. The van der Waals surface area contributed by atoms with Crippen molar-refractivity contribution >= 4 is 5.91 Å². The van der Waals surface area contributed by atoms with Crippen LogP contribution in [0.25, 0.3) is 0 Å². The summed E-state index contributed by atoms with van der Waals surface area (Å²) >= 11 is 0. The van der Waals surface area contributed by atoms with E-state index in [9.17, 15) is 9.59 Å². The maximum Gasteiger partial charge on any atom is 0.253 e. The van der Waals surface area contributed by atoms with Crippen LogP contribution >= 0.6 is 0 Å². The summed E-state index contributed by atoms with van der Waals surface area (Å²) in [5.74, 6) is 0.753. The molecule has 6 heteroatoms. The molecular formula is C14H20N4O2. The quantitative estimate of drug-likeness (QED) is 0.774. The molecule has 20 heavy (non-hydrogen) atoms. The lowest BCUT2D eigenvalue weighted by molar-refractivity contribution is -0.130. The lowest BCUT2D eigenvalue weighted by Crippen LogP contribution is -2.42. The summed E-state index contributed by atoms with van der Waals surface area (Å²) in [5.41, 5.74) is 0.834. The Bertz CT molecular complexity index is 575. The number of carbonyl (C=O) groups is 1. The fourth-order valence-corrected chi connectivity index (χ4v) is 2.96. The monoisotopic (exact) mass is 276 g/mol. The molecule has 108 valence electrons. The number of aromatic nitrogens is 2. The third-order valence-electron chi connectivity index (χ3n) is 4.10. The Morgan fingerprint density at radius 1 is 1.25 bits per heavy atom. The number of amides is 1. The average molecular weight is 276 g/mol. The van der Waals surface area contributed by atoms with Gasteiger partial charge >= 0.3 is 0 Å². The Labute approximate surface area is 118 Å². The van der Waals surface area contributed by atoms with Gasteiger partial charge in [0, 0.05) is 32.6 Å². The first-order valence-corrected chi connectivity index (χ1v) is 7.21. The molecule has 0 radical (unpaired) electrons. The third kappa shape index (κ3) is 2.60. The number of nitrogens with zero attached hydrogens (tertiary/aromatic N) is 4. The van der Waals surface area contributed by atoms with Crippen LogP contribution in [0.4, 0.5) is 0 Å². The number of fused-ring (bicyclic) bond motifs is 1. The molecule has 2 aliphatic rings. The van der Waals surface area contributed by atoms with Gasteiger partial charge in [-0.25, -0.2) is 4.98 Å². The lowest BCUT2D eigenvalue weighted by Gasteiger charge is -2.28. The number of hydrogen-bond donors (Lipinski definition) is 0. The van der Waals surface area contributed by atoms with Gasteiger partial charge in [-0.2, -0.15) is 0 Å². The van der Waals surface area contributed by atoms with E-state index in [4.69, 9.17) is 0 Å². The molecule has 0 aromatic carbocycles. The van der Waals surface area contributed by atoms with Crippen molar-refractivity contribution in [2.24, 2.45) is 0 Å². The Balaban J connectivity index is 1.84. The molecule has 1 amide bonds. The molecule has 0 saturated carbocycles. The van der Waals surface area contributed by atoms with Crippen molar-refractivity contribution in [2.75, 3.05) is 19.6 Å². The molecule has 1 aromatic rings. The molecule has 2 aliphatic heterocycles. The maximum atomic E-state index is 12.1. The minimum absolute atomic E-state index is 0.00685. The van der Waals surface area contributed by atoms with Gasteiger partial charge in [0.15, 0.2) is 0 Å². The van der Waals surface area contributed by atoms with Crippen LogP contribution in [0.1, 0.15) is 31.3 Å². The molecule has 1 saturated heterocycles. The van der Waals surface area contributed by atoms with Gasteiger partial charge < -0.3 is 4.90 Å². The van der Waals surface area contributed by atoms with Gasteiger partial charge in [0.2, 0.25) is 5.91 Å². The average Bonchev–Trinajstić information content (AvgIpc) is 2.91. The van der Waals surface area contributed by atoms with Gasteiger partial charge in [-0.3, -0.25) is 19.1 Å². The second-order valence-electron chi connectivity index (χ2n) is 5.58. The summed E-state index contributed by atoms with van der Waals surface area (Å²) in [6, 6.07) is 1.64. The number of carbonyl (C=O) groups excluding carboxylic acids is 1. The predicted octanol–water partition coefficient (Wildman–Crippen LogP) is 0.201. The molecule has 3 rings (SSSR count). The first-order chi connectivity index (χ1) is 9.63. The van der Waals surface area contributed by atoms with Crippen molar-refractivity contribution < 1.29 is 4.79 Å². The van der Waals surface area contributed by atoms with Crippen LogP contribution in [0, 0.1) is 0 Å². The number of likely N-dealkylation sites (tertiary alicyclic amines) is 1. The van der Waals surface area contributed by atoms with Crippen molar-refractivity contribution in [1.82, 2.24) is 19.4 Å². The van der Waals surface area contributed by atoms with Gasteiger partial charge in [-0.1, -0.05) is 0 Å². The van der Waals surface area contributed by atoms with Crippen LogP contribution in [0.15, 0.2) is 10.9 Å². The first kappa shape index (κ1) is 13.3. The highest BCUT2D eigenvalue weighted by Gasteiger charge is 2.21. The highest BCUT2D eigenvalue weighted by Crippen LogP contribution is 2.13. The largest absolute Gasteiger partial charge is 0.334 e. The molecule has 0 atom stereocenters. The molecule has 3 heterocycles. The zero-order valence-electron chi connectivity index (χ0n) is 11.8. The van der Waals surface area contributed by atoms with Crippen molar-refractivity contribution in [3.05, 3.63) is 27.9 Å². The van der Waals surface area contributed by atoms with Crippen molar-refractivity contribution in [3.63, 3.8) is 0 Å². The summed E-state index contributed by atoms with van der Waals surface area (Å²) in [4.78, 5) is 32.3. The summed E-state index contributed by atoms with van der Waals surface area (Å²) < 4.78 is 1.69. The molecule has 1 aromatic heterocycles. The summed E-state index contributed by atoms with van der Waals surface area (Å²) in [7, 11) is 0. The Kier molecular flexibility index (Phi) is 3.56.